The van der Waals surface area contributed by atoms with Crippen molar-refractivity contribution in [3.63, 3.8) is 0 Å². The summed E-state index contributed by atoms with van der Waals surface area (Å²) in [5, 5.41) is 2.33. The topological polar surface area (TPSA) is 53.9 Å². The number of benzene rings is 1. The van der Waals surface area contributed by atoms with Crippen LogP contribution in [0.1, 0.15) is 23.4 Å². The number of carbonyl (C=O) groups is 2. The summed E-state index contributed by atoms with van der Waals surface area (Å²) >= 11 is 1.31. The molecule has 0 spiro atoms. The zero-order valence-corrected chi connectivity index (χ0v) is 15.7. The van der Waals surface area contributed by atoms with E-state index < -0.39 is 23.2 Å². The summed E-state index contributed by atoms with van der Waals surface area (Å²) in [6.45, 7) is 2.88. The van der Waals surface area contributed by atoms with Gasteiger partial charge in [0.25, 0.3) is 0 Å². The van der Waals surface area contributed by atoms with Gasteiger partial charge in [-0.3, -0.25) is 9.59 Å². The number of likely N-dealkylation sites (N-methyl/N-ethyl adjacent to an activating group) is 1. The van der Waals surface area contributed by atoms with Crippen LogP contribution in [0.15, 0.2) is 24.3 Å². The first-order valence-corrected chi connectivity index (χ1v) is 9.33. The van der Waals surface area contributed by atoms with Crippen LogP contribution in [0, 0.1) is 0 Å². The van der Waals surface area contributed by atoms with Crippen molar-refractivity contribution in [2.45, 2.75) is 24.5 Å². The lowest BCUT2D eigenvalue weighted by Gasteiger charge is -2.29. The van der Waals surface area contributed by atoms with Crippen LogP contribution in [0.2, 0.25) is 0 Å². The Balaban J connectivity index is 2.11. The number of halogens is 3. The van der Waals surface area contributed by atoms with Gasteiger partial charge < -0.3 is 15.1 Å². The molecule has 0 aliphatic carbocycles. The molecule has 0 saturated carbocycles. The van der Waals surface area contributed by atoms with E-state index in [0.29, 0.717) is 12.1 Å². The first-order valence-electron chi connectivity index (χ1n) is 8.28. The molecule has 1 aromatic carbocycles. The Hall–Kier alpha value is -1.74. The highest BCUT2D eigenvalue weighted by molar-refractivity contribution is 8.00. The molecule has 0 bridgehead atoms. The molecule has 2 amide bonds. The molecule has 144 valence electrons. The normalized spacial score (nSPS) is 19.1. The fourth-order valence-electron chi connectivity index (χ4n) is 2.66. The number of hydrogen-bond donors (Lipinski definition) is 2. The average Bonchev–Trinajstić information content (AvgIpc) is 2.94. The lowest BCUT2D eigenvalue weighted by atomic mass is 10.1. The van der Waals surface area contributed by atoms with Crippen LogP contribution in [-0.2, 0) is 15.8 Å². The smallest absolute Gasteiger partial charge is 0.349 e. The van der Waals surface area contributed by atoms with Crippen molar-refractivity contribution in [3.05, 3.63) is 35.4 Å². The number of quaternary nitrogens is 1. The molecule has 1 aromatic rings. The van der Waals surface area contributed by atoms with Crippen molar-refractivity contribution in [1.82, 2.24) is 10.2 Å². The summed E-state index contributed by atoms with van der Waals surface area (Å²) in [5.74, 6) is -0.259. The van der Waals surface area contributed by atoms with Crippen LogP contribution in [0.3, 0.4) is 0 Å². The molecule has 26 heavy (non-hydrogen) atoms. The van der Waals surface area contributed by atoms with Gasteiger partial charge in [0, 0.05) is 0 Å². The highest BCUT2D eigenvalue weighted by Gasteiger charge is 2.39. The van der Waals surface area contributed by atoms with Crippen LogP contribution < -0.4 is 10.2 Å². The van der Waals surface area contributed by atoms with Crippen molar-refractivity contribution in [2.24, 2.45) is 0 Å². The largest absolute Gasteiger partial charge is 0.416 e. The lowest BCUT2D eigenvalue weighted by Crippen LogP contribution is -3.06. The Morgan fingerprint density at radius 1 is 1.35 bits per heavy atom. The van der Waals surface area contributed by atoms with Gasteiger partial charge in [0.15, 0.2) is 0 Å². The van der Waals surface area contributed by atoms with Gasteiger partial charge in [0.05, 0.1) is 38.5 Å². The van der Waals surface area contributed by atoms with Gasteiger partial charge in [-0.2, -0.15) is 13.2 Å². The number of hydrogen-bond acceptors (Lipinski definition) is 3. The van der Waals surface area contributed by atoms with Crippen molar-refractivity contribution in [1.29, 1.82) is 0 Å². The molecule has 9 heteroatoms. The van der Waals surface area contributed by atoms with Crippen LogP contribution in [-0.4, -0.2) is 55.7 Å². The Bertz CT molecular complexity index is 650. The third-order valence-corrected chi connectivity index (χ3v) is 5.38. The van der Waals surface area contributed by atoms with E-state index in [2.05, 4.69) is 5.32 Å². The molecule has 1 aliphatic rings. The van der Waals surface area contributed by atoms with Crippen molar-refractivity contribution in [3.8, 4) is 0 Å². The Morgan fingerprint density at radius 3 is 2.50 bits per heavy atom. The number of nitrogens with zero attached hydrogens (tertiary/aromatic N) is 1. The lowest BCUT2D eigenvalue weighted by molar-refractivity contribution is -0.856. The van der Waals surface area contributed by atoms with Gasteiger partial charge in [-0.1, -0.05) is 12.1 Å². The first kappa shape index (κ1) is 20.6. The van der Waals surface area contributed by atoms with E-state index in [1.807, 2.05) is 14.1 Å². The van der Waals surface area contributed by atoms with Crippen LogP contribution in [0.5, 0.6) is 0 Å². The molecule has 5 nitrogen and oxygen atoms in total. The van der Waals surface area contributed by atoms with Gasteiger partial charge in [0.1, 0.15) is 11.4 Å². The second-order valence-electron chi connectivity index (χ2n) is 6.51. The highest BCUT2D eigenvalue weighted by atomic mass is 32.2. The van der Waals surface area contributed by atoms with Gasteiger partial charge >= 0.3 is 6.18 Å². The maximum absolute atomic E-state index is 12.7. The molecule has 2 rings (SSSR count). The van der Waals surface area contributed by atoms with Gasteiger partial charge in [-0.15, -0.1) is 11.8 Å². The van der Waals surface area contributed by atoms with Crippen molar-refractivity contribution < 1.29 is 27.7 Å². The van der Waals surface area contributed by atoms with Gasteiger partial charge in [0.2, 0.25) is 11.8 Å². The quantitative estimate of drug-likeness (QED) is 0.760. The highest BCUT2D eigenvalue weighted by Crippen LogP contribution is 2.40. The zero-order chi connectivity index (χ0) is 19.5. The van der Waals surface area contributed by atoms with Crippen molar-refractivity contribution >= 4 is 23.6 Å². The zero-order valence-electron chi connectivity index (χ0n) is 14.9. The molecule has 2 atom stereocenters. The SMILES string of the molecule is C[C@H](C(=O)NCC[NH+](C)C)N1C(=O)CS[C@H]1c1ccc(C(F)(F)F)cc1. The molecule has 0 unspecified atom stereocenters. The van der Waals surface area contributed by atoms with E-state index in [-0.39, 0.29) is 17.6 Å². The predicted octanol–water partition coefficient (Wildman–Crippen LogP) is 0.929. The molecule has 0 radical (unpaired) electrons. The predicted molar refractivity (Wildman–Crippen MR) is 93.6 cm³/mol. The molecule has 0 aromatic heterocycles. The minimum atomic E-state index is -4.40. The fourth-order valence-corrected chi connectivity index (χ4v) is 3.92. The second kappa shape index (κ2) is 8.30. The summed E-state index contributed by atoms with van der Waals surface area (Å²) in [4.78, 5) is 27.2. The second-order valence-corrected chi connectivity index (χ2v) is 7.58. The molecular formula is C17H23F3N3O2S+. The van der Waals surface area contributed by atoms with Crippen molar-refractivity contribution in [2.75, 3.05) is 32.9 Å². The summed E-state index contributed by atoms with van der Waals surface area (Å²) < 4.78 is 38.2. The van der Waals surface area contributed by atoms with Crippen LogP contribution >= 0.6 is 11.8 Å². The number of alkyl halides is 3. The summed E-state index contributed by atoms with van der Waals surface area (Å²) in [6, 6.07) is 4.04. The molecule has 1 heterocycles. The molecular weight excluding hydrogens is 367 g/mol. The summed E-state index contributed by atoms with van der Waals surface area (Å²) in [6.07, 6.45) is -4.40. The monoisotopic (exact) mass is 390 g/mol. The molecule has 1 fully saturated rings. The average molecular weight is 390 g/mol. The third-order valence-electron chi connectivity index (χ3n) is 4.15. The Labute approximate surface area is 154 Å². The van der Waals surface area contributed by atoms with E-state index in [4.69, 9.17) is 0 Å². The first-order chi connectivity index (χ1) is 12.1. The van der Waals surface area contributed by atoms with Crippen LogP contribution in [0.25, 0.3) is 0 Å². The molecule has 2 N–H and O–H groups in total. The van der Waals surface area contributed by atoms with Gasteiger partial charge in [-0.05, 0) is 24.6 Å². The van der Waals surface area contributed by atoms with E-state index in [1.165, 1.54) is 33.7 Å². The Kier molecular flexibility index (Phi) is 6.57. The van der Waals surface area contributed by atoms with E-state index in [1.54, 1.807) is 6.92 Å². The number of carbonyl (C=O) groups excluding carboxylic acids is 2. The van der Waals surface area contributed by atoms with Gasteiger partial charge in [-0.25, -0.2) is 0 Å². The minimum absolute atomic E-state index is 0.194. The number of rotatable bonds is 6. The summed E-state index contributed by atoms with van der Waals surface area (Å²) in [5.41, 5.74) is -0.162. The van der Waals surface area contributed by atoms with E-state index >= 15 is 0 Å². The number of amides is 2. The van der Waals surface area contributed by atoms with Crippen LogP contribution in [0.4, 0.5) is 13.2 Å². The maximum Gasteiger partial charge on any atom is 0.416 e. The molecule has 1 saturated heterocycles. The standard InChI is InChI=1S/C17H22F3N3O2S/c1-11(15(25)21-8-9-22(2)3)23-14(24)10-26-16(23)12-4-6-13(7-5-12)17(18,19)20/h4-7,11,16H,8-10H2,1-3H3,(H,21,25)/p+1/t11-,16+/m1/s1. The third kappa shape index (κ3) is 4.91. The number of nitrogens with one attached hydrogen (secondary N) is 2. The maximum atomic E-state index is 12.7. The van der Waals surface area contributed by atoms with E-state index in [0.717, 1.165) is 18.7 Å². The minimum Gasteiger partial charge on any atom is -0.349 e. The fraction of sp³-hybridized carbons (Fsp3) is 0.529. The molecule has 1 aliphatic heterocycles. The Morgan fingerprint density at radius 2 is 1.96 bits per heavy atom. The number of thioether (sulfide) groups is 1. The summed E-state index contributed by atoms with van der Waals surface area (Å²) in [7, 11) is 3.94. The van der Waals surface area contributed by atoms with E-state index in [9.17, 15) is 22.8 Å².